The third-order valence-corrected chi connectivity index (χ3v) is 5.22. The Bertz CT molecular complexity index is 1160. The monoisotopic (exact) mass is 384 g/mol. The van der Waals surface area contributed by atoms with Gasteiger partial charge in [-0.1, -0.05) is 62.4 Å². The van der Waals surface area contributed by atoms with E-state index < -0.39 is 5.97 Å². The molecule has 1 N–H and O–H groups in total. The second-order valence-corrected chi connectivity index (χ2v) is 7.49. The van der Waals surface area contributed by atoms with E-state index in [1.807, 2.05) is 30.3 Å². The number of hydrogen-bond donors (Lipinski definition) is 1. The van der Waals surface area contributed by atoms with Crippen molar-refractivity contribution in [3.8, 4) is 11.3 Å². The fraction of sp³-hybridized carbons (Fsp3) is 0.200. The summed E-state index contributed by atoms with van der Waals surface area (Å²) in [5, 5.41) is 1.18. The van der Waals surface area contributed by atoms with Gasteiger partial charge in [-0.2, -0.15) is 0 Å². The van der Waals surface area contributed by atoms with E-state index in [-0.39, 0.29) is 0 Å². The minimum Gasteiger partial charge on any atom is -0.464 e. The molecular weight excluding hydrogens is 360 g/mol. The number of carbonyl (C=O) groups is 1. The minimum absolute atomic E-state index is 0.327. The van der Waals surface area contributed by atoms with E-state index in [1.54, 1.807) is 6.07 Å². The largest absolute Gasteiger partial charge is 0.464 e. The van der Waals surface area contributed by atoms with Crippen LogP contribution >= 0.6 is 0 Å². The van der Waals surface area contributed by atoms with Crippen LogP contribution in [0.1, 0.15) is 47.1 Å². The molecule has 0 unspecified atom stereocenters. The van der Waals surface area contributed by atoms with Gasteiger partial charge in [0.15, 0.2) is 0 Å². The Hall–Kier alpha value is -3.40. The lowest BCUT2D eigenvalue weighted by Crippen LogP contribution is -2.06. The Balaban J connectivity index is 1.85. The minimum atomic E-state index is -0.421. The maximum absolute atomic E-state index is 11.9. The molecule has 2 aromatic heterocycles. The normalized spacial score (nSPS) is 11.2. The molecule has 4 heteroatoms. The van der Waals surface area contributed by atoms with Crippen LogP contribution in [0.4, 0.5) is 0 Å². The zero-order valence-electron chi connectivity index (χ0n) is 16.9. The average Bonchev–Trinajstić information content (AvgIpc) is 3.11. The van der Waals surface area contributed by atoms with Gasteiger partial charge in [0.25, 0.3) is 0 Å². The molecule has 146 valence electrons. The van der Waals surface area contributed by atoms with Gasteiger partial charge in [0, 0.05) is 23.0 Å². The summed E-state index contributed by atoms with van der Waals surface area (Å²) < 4.78 is 4.82. The van der Waals surface area contributed by atoms with Gasteiger partial charge in [-0.15, -0.1) is 0 Å². The van der Waals surface area contributed by atoms with E-state index in [9.17, 15) is 4.79 Å². The summed E-state index contributed by atoms with van der Waals surface area (Å²) >= 11 is 0. The van der Waals surface area contributed by atoms with Crippen LogP contribution in [0.5, 0.6) is 0 Å². The molecule has 0 aliphatic heterocycles. The Kier molecular flexibility index (Phi) is 5.17. The van der Waals surface area contributed by atoms with Crippen molar-refractivity contribution in [3.63, 3.8) is 0 Å². The van der Waals surface area contributed by atoms with Crippen molar-refractivity contribution in [2.24, 2.45) is 0 Å². The van der Waals surface area contributed by atoms with Crippen molar-refractivity contribution in [2.45, 2.75) is 26.2 Å². The van der Waals surface area contributed by atoms with Crippen molar-refractivity contribution >= 4 is 16.9 Å². The number of nitrogens with one attached hydrogen (secondary N) is 1. The fourth-order valence-corrected chi connectivity index (χ4v) is 3.64. The first-order valence-corrected chi connectivity index (χ1v) is 9.81. The van der Waals surface area contributed by atoms with Crippen LogP contribution in [-0.2, 0) is 11.2 Å². The summed E-state index contributed by atoms with van der Waals surface area (Å²) in [7, 11) is 1.37. The van der Waals surface area contributed by atoms with E-state index in [0.717, 1.165) is 22.5 Å². The molecule has 0 spiro atoms. The van der Waals surface area contributed by atoms with Crippen LogP contribution in [0.2, 0.25) is 0 Å². The highest BCUT2D eigenvalue weighted by Crippen LogP contribution is 2.33. The highest BCUT2D eigenvalue weighted by molar-refractivity contribution is 5.92. The molecule has 0 fully saturated rings. The summed E-state index contributed by atoms with van der Waals surface area (Å²) in [6, 6.07) is 22.4. The number of nitrogens with zero attached hydrogens (tertiary/aromatic N) is 1. The molecule has 0 atom stereocenters. The molecular formula is C25H24N2O2. The van der Waals surface area contributed by atoms with Gasteiger partial charge in [-0.25, -0.2) is 9.78 Å². The number of methoxy groups -OCH3 is 1. The van der Waals surface area contributed by atoms with Crippen LogP contribution in [0.3, 0.4) is 0 Å². The Morgan fingerprint density at radius 3 is 2.55 bits per heavy atom. The fourth-order valence-electron chi connectivity index (χ4n) is 3.64. The molecule has 0 aliphatic carbocycles. The van der Waals surface area contributed by atoms with Gasteiger partial charge < -0.3 is 9.72 Å². The second kappa shape index (κ2) is 7.92. The molecule has 2 heterocycles. The van der Waals surface area contributed by atoms with Crippen LogP contribution in [0, 0.1) is 0 Å². The van der Waals surface area contributed by atoms with Crippen LogP contribution in [0.15, 0.2) is 66.7 Å². The van der Waals surface area contributed by atoms with Gasteiger partial charge in [-0.05, 0) is 40.8 Å². The number of hydrogen-bond acceptors (Lipinski definition) is 3. The van der Waals surface area contributed by atoms with E-state index >= 15 is 0 Å². The van der Waals surface area contributed by atoms with Crippen molar-refractivity contribution in [3.05, 3.63) is 89.2 Å². The third-order valence-electron chi connectivity index (χ3n) is 5.22. The molecule has 0 radical (unpaired) electrons. The number of esters is 1. The quantitative estimate of drug-likeness (QED) is 0.447. The number of carbonyl (C=O) groups excluding carboxylic acids is 1. The number of benzene rings is 2. The first-order valence-electron chi connectivity index (χ1n) is 9.81. The first-order chi connectivity index (χ1) is 14.1. The predicted molar refractivity (Wildman–Crippen MR) is 116 cm³/mol. The first kappa shape index (κ1) is 18.9. The Morgan fingerprint density at radius 1 is 1.03 bits per heavy atom. The summed E-state index contributed by atoms with van der Waals surface area (Å²) in [5.41, 5.74) is 6.98. The number of rotatable bonds is 5. The van der Waals surface area contributed by atoms with Crippen molar-refractivity contribution in [2.75, 3.05) is 7.11 Å². The van der Waals surface area contributed by atoms with Gasteiger partial charge in [-0.3, -0.25) is 0 Å². The lowest BCUT2D eigenvalue weighted by Gasteiger charge is -2.07. The van der Waals surface area contributed by atoms with Gasteiger partial charge in [0.1, 0.15) is 5.69 Å². The topological polar surface area (TPSA) is 55.0 Å². The van der Waals surface area contributed by atoms with E-state index in [0.29, 0.717) is 18.0 Å². The zero-order chi connectivity index (χ0) is 20.4. The summed E-state index contributed by atoms with van der Waals surface area (Å²) in [6.07, 6.45) is 0.621. The molecule has 4 rings (SSSR count). The van der Waals surface area contributed by atoms with Crippen LogP contribution < -0.4 is 0 Å². The highest BCUT2D eigenvalue weighted by Gasteiger charge is 2.16. The Morgan fingerprint density at radius 2 is 1.83 bits per heavy atom. The van der Waals surface area contributed by atoms with E-state index in [2.05, 4.69) is 54.1 Å². The van der Waals surface area contributed by atoms with Crippen LogP contribution in [-0.4, -0.2) is 23.0 Å². The standard InChI is InChI=1S/C25H24N2O2/c1-16(2)18-12-13-20-21(15-19-10-7-11-22(26-19)25(28)29-3)24(27-23(20)14-18)17-8-5-4-6-9-17/h4-14,16,27H,15H2,1-3H3. The molecule has 4 aromatic rings. The molecule has 0 bridgehead atoms. The molecule has 4 nitrogen and oxygen atoms in total. The van der Waals surface area contributed by atoms with E-state index in [1.165, 1.54) is 23.6 Å². The van der Waals surface area contributed by atoms with Crippen LogP contribution in [0.25, 0.3) is 22.2 Å². The number of aromatic nitrogens is 2. The van der Waals surface area contributed by atoms with Gasteiger partial charge in [0.2, 0.25) is 0 Å². The van der Waals surface area contributed by atoms with Gasteiger partial charge in [0.05, 0.1) is 12.8 Å². The molecule has 0 saturated carbocycles. The highest BCUT2D eigenvalue weighted by atomic mass is 16.5. The van der Waals surface area contributed by atoms with Gasteiger partial charge >= 0.3 is 5.97 Å². The SMILES string of the molecule is COC(=O)c1cccc(Cc2c(-c3ccccc3)[nH]c3cc(C(C)C)ccc23)n1. The average molecular weight is 384 g/mol. The van der Waals surface area contributed by atoms with Crippen molar-refractivity contribution in [1.29, 1.82) is 0 Å². The van der Waals surface area contributed by atoms with E-state index in [4.69, 9.17) is 4.74 Å². The third kappa shape index (κ3) is 3.79. The summed E-state index contributed by atoms with van der Waals surface area (Å²) in [5.74, 6) is 0.0420. The molecule has 0 amide bonds. The lowest BCUT2D eigenvalue weighted by molar-refractivity contribution is 0.0593. The maximum atomic E-state index is 11.9. The molecule has 2 aromatic carbocycles. The van der Waals surface area contributed by atoms with Crippen molar-refractivity contribution < 1.29 is 9.53 Å². The summed E-state index contributed by atoms with van der Waals surface area (Å²) in [6.45, 7) is 4.40. The Labute approximate surface area is 170 Å². The maximum Gasteiger partial charge on any atom is 0.356 e. The second-order valence-electron chi connectivity index (χ2n) is 7.49. The molecule has 0 saturated heterocycles. The predicted octanol–water partition coefficient (Wildman–Crippen LogP) is 5.73. The number of aromatic amines is 1. The summed E-state index contributed by atoms with van der Waals surface area (Å²) in [4.78, 5) is 20.0. The lowest BCUT2D eigenvalue weighted by atomic mass is 9.98. The zero-order valence-corrected chi connectivity index (χ0v) is 16.9. The molecule has 0 aliphatic rings. The number of ether oxygens (including phenoxy) is 1. The number of H-pyrrole nitrogens is 1. The molecule has 29 heavy (non-hydrogen) atoms. The number of pyridine rings is 1. The smallest absolute Gasteiger partial charge is 0.356 e. The van der Waals surface area contributed by atoms with Crippen molar-refractivity contribution in [1.82, 2.24) is 9.97 Å². The number of fused-ring (bicyclic) bond motifs is 1.